The van der Waals surface area contributed by atoms with E-state index < -0.39 is 15.9 Å². The van der Waals surface area contributed by atoms with Crippen molar-refractivity contribution in [2.75, 3.05) is 44.8 Å². The van der Waals surface area contributed by atoms with Crippen molar-refractivity contribution in [3.05, 3.63) is 60.7 Å². The van der Waals surface area contributed by atoms with Crippen LogP contribution in [-0.2, 0) is 10.0 Å². The van der Waals surface area contributed by atoms with Crippen molar-refractivity contribution in [2.45, 2.75) is 11.8 Å². The van der Waals surface area contributed by atoms with Crippen molar-refractivity contribution in [3.63, 3.8) is 0 Å². The van der Waals surface area contributed by atoms with Crippen LogP contribution in [0.15, 0.2) is 59.9 Å². The minimum Gasteiger partial charge on any atom is -0.382 e. The van der Waals surface area contributed by atoms with E-state index in [1.54, 1.807) is 30.5 Å². The number of aromatic nitrogens is 3. The van der Waals surface area contributed by atoms with Crippen LogP contribution < -0.4 is 11.1 Å². The third-order valence-electron chi connectivity index (χ3n) is 4.87. The van der Waals surface area contributed by atoms with Crippen LogP contribution in [0.3, 0.4) is 0 Å². The predicted octanol–water partition coefficient (Wildman–Crippen LogP) is 2.37. The molecule has 3 aromatic rings. The number of nitrogens with zero attached hydrogens (tertiary/aromatic N) is 5. The first-order chi connectivity index (χ1) is 15.7. The lowest BCUT2D eigenvalue weighted by molar-refractivity contribution is 0.102. The highest BCUT2D eigenvalue weighted by Gasteiger charge is 2.23. The van der Waals surface area contributed by atoms with Crippen molar-refractivity contribution >= 4 is 39.8 Å². The number of halogens is 1. The van der Waals surface area contributed by atoms with Crippen LogP contribution in [0.2, 0.25) is 0 Å². The van der Waals surface area contributed by atoms with E-state index >= 15 is 0 Å². The Morgan fingerprint density at radius 3 is 2.38 bits per heavy atom. The number of rotatable bonds is 9. The van der Waals surface area contributed by atoms with Gasteiger partial charge in [-0.2, -0.15) is 4.31 Å². The molecule has 2 aromatic heterocycles. The molecular weight excluding hydrogens is 478 g/mol. The van der Waals surface area contributed by atoms with E-state index in [4.69, 9.17) is 5.73 Å². The van der Waals surface area contributed by atoms with Gasteiger partial charge in [0.2, 0.25) is 10.0 Å². The lowest BCUT2D eigenvalue weighted by Crippen LogP contribution is -2.36. The Hall–Kier alpha value is -3.12. The first-order valence-corrected chi connectivity index (χ1v) is 11.8. The second kappa shape index (κ2) is 11.8. The van der Waals surface area contributed by atoms with E-state index in [1.165, 1.54) is 28.8 Å². The number of hydrogen-bond donors (Lipinski definition) is 2. The number of carbonyl (C=O) groups is 1. The molecule has 0 fully saturated rings. The maximum Gasteiger partial charge on any atom is 0.278 e. The third-order valence-corrected chi connectivity index (χ3v) is 6.86. The number of nitrogens with one attached hydrogen (secondary N) is 1. The molecule has 0 radical (unpaired) electrons. The van der Waals surface area contributed by atoms with Crippen molar-refractivity contribution in [1.29, 1.82) is 0 Å². The minimum atomic E-state index is -3.63. The molecule has 0 saturated heterocycles. The van der Waals surface area contributed by atoms with E-state index in [9.17, 15) is 13.2 Å². The van der Waals surface area contributed by atoms with Crippen LogP contribution >= 0.6 is 12.4 Å². The zero-order chi connectivity index (χ0) is 24.0. The van der Waals surface area contributed by atoms with E-state index in [0.29, 0.717) is 36.6 Å². The number of hydrogen-bond acceptors (Lipinski definition) is 8. The largest absolute Gasteiger partial charge is 0.382 e. The van der Waals surface area contributed by atoms with Gasteiger partial charge in [-0.25, -0.2) is 18.4 Å². The maximum absolute atomic E-state index is 13.0. The molecule has 0 spiro atoms. The van der Waals surface area contributed by atoms with Crippen molar-refractivity contribution in [1.82, 2.24) is 24.2 Å². The van der Waals surface area contributed by atoms with Gasteiger partial charge in [-0.15, -0.1) is 12.4 Å². The highest BCUT2D eigenvalue weighted by Crippen LogP contribution is 2.23. The van der Waals surface area contributed by atoms with Gasteiger partial charge in [0.25, 0.3) is 5.91 Å². The lowest BCUT2D eigenvalue weighted by atomic mass is 10.1. The van der Waals surface area contributed by atoms with E-state index in [1.807, 2.05) is 25.9 Å². The maximum atomic E-state index is 13.0. The third kappa shape index (κ3) is 6.48. The smallest absolute Gasteiger partial charge is 0.278 e. The molecule has 0 aliphatic heterocycles. The number of amides is 1. The van der Waals surface area contributed by atoms with Gasteiger partial charge >= 0.3 is 0 Å². The van der Waals surface area contributed by atoms with Crippen molar-refractivity contribution in [2.24, 2.45) is 0 Å². The van der Waals surface area contributed by atoms with Crippen LogP contribution in [0.5, 0.6) is 0 Å². The zero-order valence-corrected chi connectivity index (χ0v) is 20.8. The Kier molecular flexibility index (Phi) is 9.45. The average molecular weight is 506 g/mol. The molecule has 0 unspecified atom stereocenters. The predicted molar refractivity (Wildman–Crippen MR) is 134 cm³/mol. The molecule has 0 bridgehead atoms. The van der Waals surface area contributed by atoms with Gasteiger partial charge in [0.05, 0.1) is 28.7 Å². The summed E-state index contributed by atoms with van der Waals surface area (Å²) in [6.07, 6.45) is 4.54. The standard InChI is InChI=1S/C22H27N7O3S.ClH/c1-4-29(13-12-28(2)3)33(31,32)18-9-7-16(8-10-18)19-15-25-21(23)20(27-19)22(30)26-17-6-5-11-24-14-17;/h5-11,14-15H,4,12-13H2,1-3H3,(H2,23,25)(H,26,30);1H. The summed E-state index contributed by atoms with van der Waals surface area (Å²) >= 11 is 0. The Labute approximate surface area is 205 Å². The summed E-state index contributed by atoms with van der Waals surface area (Å²) in [5.74, 6) is -0.535. The molecule has 3 N–H and O–H groups in total. The zero-order valence-electron chi connectivity index (χ0n) is 19.2. The van der Waals surface area contributed by atoms with Crippen molar-refractivity contribution in [3.8, 4) is 11.3 Å². The van der Waals surface area contributed by atoms with Crippen molar-refractivity contribution < 1.29 is 13.2 Å². The number of nitrogens with two attached hydrogens (primary N) is 1. The molecule has 34 heavy (non-hydrogen) atoms. The fraction of sp³-hybridized carbons (Fsp3) is 0.273. The molecular formula is C22H28ClN7O3S. The quantitative estimate of drug-likeness (QED) is 0.452. The van der Waals surface area contributed by atoms with E-state index in [0.717, 1.165) is 0 Å². The second-order valence-electron chi connectivity index (χ2n) is 7.51. The molecule has 1 aromatic carbocycles. The number of pyridine rings is 1. The Morgan fingerprint density at radius 2 is 1.79 bits per heavy atom. The molecule has 0 aliphatic carbocycles. The molecule has 0 aliphatic rings. The van der Waals surface area contributed by atoms with Gasteiger partial charge in [-0.3, -0.25) is 9.78 Å². The Morgan fingerprint density at radius 1 is 1.09 bits per heavy atom. The molecule has 182 valence electrons. The fourth-order valence-corrected chi connectivity index (χ4v) is 4.48. The Bertz CT molecular complexity index is 1210. The van der Waals surface area contributed by atoms with Gasteiger partial charge in [0.1, 0.15) is 0 Å². The lowest BCUT2D eigenvalue weighted by Gasteiger charge is -2.22. The fourth-order valence-electron chi connectivity index (χ4n) is 3.04. The number of sulfonamides is 1. The topological polar surface area (TPSA) is 134 Å². The van der Waals surface area contributed by atoms with E-state index in [2.05, 4.69) is 20.3 Å². The highest BCUT2D eigenvalue weighted by molar-refractivity contribution is 7.89. The summed E-state index contributed by atoms with van der Waals surface area (Å²) in [6, 6.07) is 9.70. The normalized spacial score (nSPS) is 11.3. The summed E-state index contributed by atoms with van der Waals surface area (Å²) in [7, 11) is 0.166. The number of nitrogen functional groups attached to an aromatic ring is 1. The molecule has 0 atom stereocenters. The van der Waals surface area contributed by atoms with Crippen LogP contribution in [-0.4, -0.2) is 72.2 Å². The van der Waals surface area contributed by atoms with Gasteiger partial charge < -0.3 is 16.0 Å². The van der Waals surface area contributed by atoms with Crippen LogP contribution in [0.25, 0.3) is 11.3 Å². The summed E-state index contributed by atoms with van der Waals surface area (Å²) < 4.78 is 27.4. The van der Waals surface area contributed by atoms with Gasteiger partial charge in [0, 0.05) is 31.4 Å². The van der Waals surface area contributed by atoms with Gasteiger partial charge in [-0.1, -0.05) is 19.1 Å². The Balaban J connectivity index is 0.00000408. The van der Waals surface area contributed by atoms with Crippen LogP contribution in [0.4, 0.5) is 11.5 Å². The number of anilines is 2. The summed E-state index contributed by atoms with van der Waals surface area (Å²) in [5.41, 5.74) is 7.33. The summed E-state index contributed by atoms with van der Waals surface area (Å²) in [5, 5.41) is 2.67. The summed E-state index contributed by atoms with van der Waals surface area (Å²) in [4.78, 5) is 27.1. The molecule has 10 nitrogen and oxygen atoms in total. The highest BCUT2D eigenvalue weighted by atomic mass is 35.5. The SMILES string of the molecule is CCN(CCN(C)C)S(=O)(=O)c1ccc(-c2cnc(N)c(C(=O)Nc3cccnc3)n2)cc1.Cl. The minimum absolute atomic E-state index is 0. The van der Waals surface area contributed by atoms with E-state index in [-0.39, 0.29) is 28.8 Å². The van der Waals surface area contributed by atoms with Gasteiger partial charge in [0.15, 0.2) is 11.5 Å². The second-order valence-corrected chi connectivity index (χ2v) is 9.45. The number of benzene rings is 1. The summed E-state index contributed by atoms with van der Waals surface area (Å²) in [6.45, 7) is 3.20. The number of likely N-dealkylation sites (N-methyl/N-ethyl adjacent to an activating group) is 2. The molecule has 3 rings (SSSR count). The monoisotopic (exact) mass is 505 g/mol. The van der Waals surface area contributed by atoms with Gasteiger partial charge in [-0.05, 0) is 38.4 Å². The van der Waals surface area contributed by atoms with Crippen LogP contribution in [0, 0.1) is 0 Å². The average Bonchev–Trinajstić information content (AvgIpc) is 2.80. The molecule has 1 amide bonds. The molecule has 2 heterocycles. The molecule has 12 heteroatoms. The molecule has 0 saturated carbocycles. The van der Waals surface area contributed by atoms with Crippen LogP contribution in [0.1, 0.15) is 17.4 Å². The first-order valence-electron chi connectivity index (χ1n) is 10.3. The first kappa shape index (κ1) is 27.1. The number of carbonyl (C=O) groups excluding carboxylic acids is 1.